The molecule has 0 aliphatic heterocycles. The monoisotopic (exact) mass is 398 g/mol. The van der Waals surface area contributed by atoms with Gasteiger partial charge < -0.3 is 0 Å². The van der Waals surface area contributed by atoms with Crippen molar-refractivity contribution in [2.24, 2.45) is 0 Å². The second kappa shape index (κ2) is 6.68. The number of halogens is 1. The quantitative estimate of drug-likeness (QED) is 0.559. The molecule has 0 amide bonds. The minimum absolute atomic E-state index is 0.0473. The van der Waals surface area contributed by atoms with Gasteiger partial charge in [-0.15, -0.1) is 0 Å². The van der Waals surface area contributed by atoms with E-state index in [9.17, 15) is 8.42 Å². The number of aryl methyl sites for hydroxylation is 1. The van der Waals surface area contributed by atoms with Crippen LogP contribution in [0.15, 0.2) is 72.3 Å². The molecule has 2 heterocycles. The molecule has 27 heavy (non-hydrogen) atoms. The van der Waals surface area contributed by atoms with Crippen LogP contribution in [-0.4, -0.2) is 23.0 Å². The molecule has 6 nitrogen and oxygen atoms in total. The van der Waals surface area contributed by atoms with Crippen molar-refractivity contribution >= 4 is 38.1 Å². The molecule has 8 heteroatoms. The van der Waals surface area contributed by atoms with Crippen LogP contribution in [-0.2, 0) is 10.0 Å². The third-order valence-electron chi connectivity index (χ3n) is 4.07. The fraction of sp³-hybridized carbons (Fsp3) is 0.0526. The van der Waals surface area contributed by atoms with Crippen molar-refractivity contribution in [1.29, 1.82) is 0 Å². The molecule has 0 atom stereocenters. The first-order chi connectivity index (χ1) is 12.9. The third-order valence-corrected chi connectivity index (χ3v) is 5.70. The molecular weight excluding hydrogens is 384 g/mol. The first-order valence-corrected chi connectivity index (χ1v) is 9.97. The van der Waals surface area contributed by atoms with Crippen LogP contribution in [0.5, 0.6) is 0 Å². The van der Waals surface area contributed by atoms with Gasteiger partial charge in [0.2, 0.25) is 0 Å². The number of nitrogens with one attached hydrogen (secondary N) is 1. The van der Waals surface area contributed by atoms with Crippen molar-refractivity contribution in [2.45, 2.75) is 11.9 Å². The lowest BCUT2D eigenvalue weighted by Crippen LogP contribution is -2.17. The summed E-state index contributed by atoms with van der Waals surface area (Å²) in [5, 5.41) is 2.26. The van der Waals surface area contributed by atoms with Gasteiger partial charge in [-0.1, -0.05) is 41.9 Å². The van der Waals surface area contributed by atoms with Gasteiger partial charge in [0, 0.05) is 11.9 Å². The predicted octanol–water partition coefficient (Wildman–Crippen LogP) is 4.18. The second-order valence-electron chi connectivity index (χ2n) is 6.09. The molecule has 0 bridgehead atoms. The number of hydrogen-bond donors (Lipinski definition) is 1. The number of hydrogen-bond acceptors (Lipinski definition) is 4. The Bertz CT molecular complexity index is 1250. The Hall–Kier alpha value is -2.90. The van der Waals surface area contributed by atoms with E-state index in [2.05, 4.69) is 14.7 Å². The van der Waals surface area contributed by atoms with Crippen molar-refractivity contribution in [1.82, 2.24) is 14.5 Å². The number of nitrogens with zero attached hydrogens (tertiary/aromatic N) is 3. The molecular formula is C19H15ClN4O2S. The number of rotatable bonds is 4. The maximum absolute atomic E-state index is 12.9. The van der Waals surface area contributed by atoms with E-state index < -0.39 is 10.0 Å². The fourth-order valence-corrected chi connectivity index (χ4v) is 4.25. The molecule has 136 valence electrons. The minimum atomic E-state index is -3.89. The highest BCUT2D eigenvalue weighted by molar-refractivity contribution is 7.92. The van der Waals surface area contributed by atoms with Crippen molar-refractivity contribution in [3.8, 4) is 5.82 Å². The molecule has 0 unspecified atom stereocenters. The van der Waals surface area contributed by atoms with Gasteiger partial charge in [-0.3, -0.25) is 9.29 Å². The van der Waals surface area contributed by atoms with Crippen molar-refractivity contribution < 1.29 is 8.42 Å². The lowest BCUT2D eigenvalue weighted by molar-refractivity contribution is 0.594. The van der Waals surface area contributed by atoms with E-state index in [1.54, 1.807) is 24.4 Å². The Morgan fingerprint density at radius 3 is 2.59 bits per heavy atom. The van der Waals surface area contributed by atoms with Gasteiger partial charge in [0.05, 0.1) is 11.2 Å². The van der Waals surface area contributed by atoms with Gasteiger partial charge in [-0.2, -0.15) is 8.42 Å². The maximum atomic E-state index is 12.9. The molecule has 0 fully saturated rings. The Morgan fingerprint density at radius 2 is 1.81 bits per heavy atom. The first kappa shape index (κ1) is 17.5. The zero-order chi connectivity index (χ0) is 19.0. The molecule has 0 saturated carbocycles. The molecule has 0 spiro atoms. The number of aromatic nitrogens is 3. The zero-order valence-electron chi connectivity index (χ0n) is 14.3. The average molecular weight is 399 g/mol. The highest BCUT2D eigenvalue weighted by Crippen LogP contribution is 2.25. The van der Waals surface area contributed by atoms with E-state index in [4.69, 9.17) is 11.6 Å². The summed E-state index contributed by atoms with van der Waals surface area (Å²) in [7, 11) is -3.89. The fourth-order valence-electron chi connectivity index (χ4n) is 2.80. The SMILES string of the molecule is Cc1cnc(-n2cncc2S(=O)(=O)Nc2ccc3ccccc3c2)c(Cl)c1. The third kappa shape index (κ3) is 3.39. The van der Waals surface area contributed by atoms with Gasteiger partial charge >= 0.3 is 0 Å². The Morgan fingerprint density at radius 1 is 1.04 bits per heavy atom. The Kier molecular flexibility index (Phi) is 4.33. The summed E-state index contributed by atoms with van der Waals surface area (Å²) in [6, 6.07) is 14.8. The van der Waals surface area contributed by atoms with Crippen LogP contribution < -0.4 is 4.72 Å². The summed E-state index contributed by atoms with van der Waals surface area (Å²) in [6.07, 6.45) is 4.26. The van der Waals surface area contributed by atoms with Gasteiger partial charge in [-0.25, -0.2) is 9.97 Å². The van der Waals surface area contributed by atoms with E-state index in [-0.39, 0.29) is 5.03 Å². The minimum Gasteiger partial charge on any atom is -0.278 e. The smallest absolute Gasteiger partial charge is 0.278 e. The molecule has 4 rings (SSSR count). The summed E-state index contributed by atoms with van der Waals surface area (Å²) < 4.78 is 29.8. The van der Waals surface area contributed by atoms with E-state index >= 15 is 0 Å². The summed E-state index contributed by atoms with van der Waals surface area (Å²) in [4.78, 5) is 8.21. The van der Waals surface area contributed by atoms with Crippen molar-refractivity contribution in [3.63, 3.8) is 0 Å². The second-order valence-corrected chi connectivity index (χ2v) is 8.12. The highest BCUT2D eigenvalue weighted by atomic mass is 35.5. The number of sulfonamides is 1. The van der Waals surface area contributed by atoms with Crippen LogP contribution in [0.4, 0.5) is 5.69 Å². The molecule has 4 aromatic rings. The predicted molar refractivity (Wildman–Crippen MR) is 106 cm³/mol. The van der Waals surface area contributed by atoms with Crippen LogP contribution in [0, 0.1) is 6.92 Å². The van der Waals surface area contributed by atoms with Crippen LogP contribution >= 0.6 is 11.6 Å². The largest absolute Gasteiger partial charge is 0.279 e. The summed E-state index contributed by atoms with van der Waals surface area (Å²) in [5.41, 5.74) is 1.34. The first-order valence-electron chi connectivity index (χ1n) is 8.10. The molecule has 2 aromatic carbocycles. The van der Waals surface area contributed by atoms with E-state index in [0.29, 0.717) is 16.5 Å². The molecule has 0 aliphatic rings. The van der Waals surface area contributed by atoms with Gasteiger partial charge in [0.15, 0.2) is 10.8 Å². The van der Waals surface area contributed by atoms with Crippen LogP contribution in [0.1, 0.15) is 5.56 Å². The van der Waals surface area contributed by atoms with Crippen LogP contribution in [0.25, 0.3) is 16.6 Å². The number of imidazole rings is 1. The van der Waals surface area contributed by atoms with Crippen molar-refractivity contribution in [3.05, 3.63) is 77.8 Å². The van der Waals surface area contributed by atoms with Crippen LogP contribution in [0.2, 0.25) is 5.02 Å². The summed E-state index contributed by atoms with van der Waals surface area (Å²) >= 11 is 6.24. The average Bonchev–Trinajstić information content (AvgIpc) is 3.12. The van der Waals surface area contributed by atoms with Crippen LogP contribution in [0.3, 0.4) is 0 Å². The number of fused-ring (bicyclic) bond motifs is 1. The molecule has 0 radical (unpaired) electrons. The van der Waals surface area contributed by atoms with E-state index in [1.807, 2.05) is 37.3 Å². The van der Waals surface area contributed by atoms with Crippen molar-refractivity contribution in [2.75, 3.05) is 4.72 Å². The number of pyridine rings is 1. The molecule has 0 aliphatic carbocycles. The summed E-state index contributed by atoms with van der Waals surface area (Å²) in [5.74, 6) is 0.304. The topological polar surface area (TPSA) is 76.9 Å². The molecule has 2 aromatic heterocycles. The standard InChI is InChI=1S/C19H15ClN4O2S/c1-13-8-17(20)19(22-10-13)24-12-21-11-18(24)27(25,26)23-16-7-6-14-4-2-3-5-15(14)9-16/h2-12,23H,1H3. The van der Waals surface area contributed by atoms with E-state index in [1.165, 1.54) is 17.1 Å². The number of benzene rings is 2. The van der Waals surface area contributed by atoms with Gasteiger partial charge in [-0.05, 0) is 41.5 Å². The van der Waals surface area contributed by atoms with Gasteiger partial charge in [0.1, 0.15) is 6.33 Å². The normalized spacial score (nSPS) is 11.6. The molecule has 0 saturated heterocycles. The lowest BCUT2D eigenvalue weighted by Gasteiger charge is -2.12. The summed E-state index contributed by atoms with van der Waals surface area (Å²) in [6.45, 7) is 1.86. The zero-order valence-corrected chi connectivity index (χ0v) is 15.9. The Labute approximate surface area is 161 Å². The van der Waals surface area contributed by atoms with E-state index in [0.717, 1.165) is 16.3 Å². The Balaban J connectivity index is 1.73. The maximum Gasteiger partial charge on any atom is 0.279 e. The lowest BCUT2D eigenvalue weighted by atomic mass is 10.1. The van der Waals surface area contributed by atoms with Gasteiger partial charge in [0.25, 0.3) is 10.0 Å². The highest BCUT2D eigenvalue weighted by Gasteiger charge is 2.22. The number of anilines is 1. The molecule has 1 N–H and O–H groups in total.